The van der Waals surface area contributed by atoms with Crippen molar-refractivity contribution in [3.8, 4) is 11.3 Å². The summed E-state index contributed by atoms with van der Waals surface area (Å²) in [7, 11) is 0. The zero-order valence-corrected chi connectivity index (χ0v) is 8.55. The predicted octanol–water partition coefficient (Wildman–Crippen LogP) is 3.08. The van der Waals surface area contributed by atoms with E-state index in [1.807, 2.05) is 24.3 Å². The van der Waals surface area contributed by atoms with E-state index in [-0.39, 0.29) is 0 Å². The van der Waals surface area contributed by atoms with Gasteiger partial charge in [0.2, 0.25) is 0 Å². The molecule has 1 aromatic heterocycles. The van der Waals surface area contributed by atoms with Gasteiger partial charge in [-0.25, -0.2) is 0 Å². The summed E-state index contributed by atoms with van der Waals surface area (Å²) < 4.78 is 5.18. The Morgan fingerprint density at radius 2 is 1.81 bits per heavy atom. The van der Waals surface area contributed by atoms with Crippen molar-refractivity contribution in [2.45, 2.75) is 0 Å². The summed E-state index contributed by atoms with van der Waals surface area (Å²) in [5.74, 6) is 1.11. The van der Waals surface area contributed by atoms with E-state index in [0.29, 0.717) is 11.6 Å². The van der Waals surface area contributed by atoms with Crippen molar-refractivity contribution in [3.05, 3.63) is 48.5 Å². The second-order valence-electron chi connectivity index (χ2n) is 3.64. The van der Waals surface area contributed by atoms with Crippen molar-refractivity contribution in [1.29, 1.82) is 0 Å². The maximum absolute atomic E-state index is 5.56. The number of nitrogen functional groups attached to an aromatic ring is 1. The van der Waals surface area contributed by atoms with Gasteiger partial charge in [0, 0.05) is 11.6 Å². The van der Waals surface area contributed by atoms with Crippen LogP contribution in [0.1, 0.15) is 0 Å². The Morgan fingerprint density at radius 3 is 2.62 bits per heavy atom. The molecule has 0 amide bonds. The van der Waals surface area contributed by atoms with Crippen LogP contribution in [0, 0.1) is 0 Å². The fraction of sp³-hybridized carbons (Fsp3) is 0. The minimum Gasteiger partial charge on any atom is -0.381 e. The zero-order valence-electron chi connectivity index (χ0n) is 8.55. The summed E-state index contributed by atoms with van der Waals surface area (Å²) in [4.78, 5) is 0. The smallest absolute Gasteiger partial charge is 0.169 e. The summed E-state index contributed by atoms with van der Waals surface area (Å²) in [6, 6.07) is 16.0. The van der Waals surface area contributed by atoms with Crippen LogP contribution in [0.5, 0.6) is 0 Å². The molecule has 0 radical (unpaired) electrons. The number of hydrogen-bond donors (Lipinski definition) is 1. The molecule has 2 aromatic carbocycles. The van der Waals surface area contributed by atoms with Crippen molar-refractivity contribution in [2.75, 3.05) is 5.73 Å². The van der Waals surface area contributed by atoms with E-state index in [4.69, 9.17) is 10.3 Å². The molecule has 3 aromatic rings. The number of hydrogen-bond acceptors (Lipinski definition) is 3. The van der Waals surface area contributed by atoms with Crippen molar-refractivity contribution < 1.29 is 4.52 Å². The molecule has 3 heteroatoms. The number of benzene rings is 2. The molecule has 0 saturated heterocycles. The van der Waals surface area contributed by atoms with Crippen LogP contribution in [0.4, 0.5) is 5.82 Å². The average molecular weight is 210 g/mol. The fourth-order valence-corrected chi connectivity index (χ4v) is 1.86. The number of anilines is 1. The highest BCUT2D eigenvalue weighted by Gasteiger charge is 2.07. The van der Waals surface area contributed by atoms with Crippen LogP contribution >= 0.6 is 0 Å². The second kappa shape index (κ2) is 3.38. The molecule has 0 fully saturated rings. The van der Waals surface area contributed by atoms with Gasteiger partial charge >= 0.3 is 0 Å². The summed E-state index contributed by atoms with van der Waals surface area (Å²) >= 11 is 0. The molecule has 0 aliphatic carbocycles. The Morgan fingerprint density at radius 1 is 1.00 bits per heavy atom. The molecule has 3 rings (SSSR count). The van der Waals surface area contributed by atoms with Crippen LogP contribution in [0.25, 0.3) is 22.1 Å². The summed E-state index contributed by atoms with van der Waals surface area (Å²) in [6.45, 7) is 0. The van der Waals surface area contributed by atoms with E-state index in [9.17, 15) is 0 Å². The van der Waals surface area contributed by atoms with E-state index in [1.165, 1.54) is 5.39 Å². The molecule has 0 bridgehead atoms. The van der Waals surface area contributed by atoms with Gasteiger partial charge in [0.1, 0.15) is 0 Å². The topological polar surface area (TPSA) is 52.0 Å². The lowest BCUT2D eigenvalue weighted by Gasteiger charge is -2.01. The predicted molar refractivity (Wildman–Crippen MR) is 63.9 cm³/mol. The van der Waals surface area contributed by atoms with Crippen molar-refractivity contribution >= 4 is 16.6 Å². The molecule has 0 aliphatic rings. The fourth-order valence-electron chi connectivity index (χ4n) is 1.86. The lowest BCUT2D eigenvalue weighted by molar-refractivity contribution is 0.436. The van der Waals surface area contributed by atoms with E-state index in [0.717, 1.165) is 10.9 Å². The van der Waals surface area contributed by atoms with Crippen LogP contribution in [-0.2, 0) is 0 Å². The number of rotatable bonds is 1. The first-order valence-electron chi connectivity index (χ1n) is 5.05. The molecule has 3 nitrogen and oxygen atoms in total. The van der Waals surface area contributed by atoms with Crippen LogP contribution in [-0.4, -0.2) is 5.16 Å². The van der Waals surface area contributed by atoms with Gasteiger partial charge in [0.05, 0.1) is 0 Å². The van der Waals surface area contributed by atoms with Gasteiger partial charge in [0.15, 0.2) is 11.6 Å². The summed E-state index contributed by atoms with van der Waals surface area (Å²) in [6.07, 6.45) is 0. The monoisotopic (exact) mass is 210 g/mol. The van der Waals surface area contributed by atoms with Gasteiger partial charge < -0.3 is 10.3 Å². The Labute approximate surface area is 92.5 Å². The van der Waals surface area contributed by atoms with Crippen molar-refractivity contribution in [1.82, 2.24) is 5.16 Å². The lowest BCUT2D eigenvalue weighted by atomic mass is 10.0. The molecule has 2 N–H and O–H groups in total. The minimum absolute atomic E-state index is 0.405. The Kier molecular flexibility index (Phi) is 1.90. The third-order valence-electron chi connectivity index (χ3n) is 2.58. The number of nitrogens with two attached hydrogens (primary N) is 1. The Balaban J connectivity index is 2.31. The largest absolute Gasteiger partial charge is 0.381 e. The third-order valence-corrected chi connectivity index (χ3v) is 2.58. The molecule has 0 aliphatic heterocycles. The molecule has 0 unspecified atom stereocenters. The maximum Gasteiger partial charge on any atom is 0.169 e. The quantitative estimate of drug-likeness (QED) is 0.671. The molecule has 1 heterocycles. The van der Waals surface area contributed by atoms with E-state index in [1.54, 1.807) is 6.07 Å². The van der Waals surface area contributed by atoms with Gasteiger partial charge in [-0.2, -0.15) is 0 Å². The molecular formula is C13H10N2O. The van der Waals surface area contributed by atoms with E-state index >= 15 is 0 Å². The molecular weight excluding hydrogens is 200 g/mol. The normalized spacial score (nSPS) is 10.8. The van der Waals surface area contributed by atoms with Crippen LogP contribution in [0.2, 0.25) is 0 Å². The molecule has 0 spiro atoms. The van der Waals surface area contributed by atoms with Gasteiger partial charge in [-0.1, -0.05) is 47.6 Å². The molecule has 78 valence electrons. The standard InChI is InChI=1S/C13H10N2O/c14-13-8-12(16-15-13)11-7-3-5-9-4-1-2-6-10(9)11/h1-8H,(H2,14,15). The second-order valence-corrected chi connectivity index (χ2v) is 3.64. The van der Waals surface area contributed by atoms with Gasteiger partial charge in [-0.05, 0) is 10.8 Å². The van der Waals surface area contributed by atoms with Crippen LogP contribution < -0.4 is 5.73 Å². The minimum atomic E-state index is 0.405. The Bertz CT molecular complexity index is 638. The number of nitrogens with zero attached hydrogens (tertiary/aromatic N) is 1. The highest BCUT2D eigenvalue weighted by molar-refractivity contribution is 5.95. The van der Waals surface area contributed by atoms with E-state index < -0.39 is 0 Å². The van der Waals surface area contributed by atoms with Crippen molar-refractivity contribution in [3.63, 3.8) is 0 Å². The average Bonchev–Trinajstić information content (AvgIpc) is 2.75. The summed E-state index contributed by atoms with van der Waals surface area (Å²) in [5, 5.41) is 6.02. The van der Waals surface area contributed by atoms with E-state index in [2.05, 4.69) is 23.4 Å². The molecule has 0 atom stereocenters. The summed E-state index contributed by atoms with van der Waals surface area (Å²) in [5.41, 5.74) is 6.57. The first-order chi connectivity index (χ1) is 7.84. The van der Waals surface area contributed by atoms with Gasteiger partial charge in [0.25, 0.3) is 0 Å². The SMILES string of the molecule is Nc1cc(-c2cccc3ccccc23)on1. The number of fused-ring (bicyclic) bond motifs is 1. The Hall–Kier alpha value is -2.29. The van der Waals surface area contributed by atoms with Gasteiger partial charge in [-0.15, -0.1) is 0 Å². The molecule has 16 heavy (non-hydrogen) atoms. The highest BCUT2D eigenvalue weighted by atomic mass is 16.5. The molecule has 0 saturated carbocycles. The first-order valence-corrected chi connectivity index (χ1v) is 5.05. The maximum atomic E-state index is 5.56. The third kappa shape index (κ3) is 1.34. The van der Waals surface area contributed by atoms with Crippen molar-refractivity contribution in [2.24, 2.45) is 0 Å². The van der Waals surface area contributed by atoms with Crippen LogP contribution in [0.3, 0.4) is 0 Å². The number of aromatic nitrogens is 1. The highest BCUT2D eigenvalue weighted by Crippen LogP contribution is 2.29. The lowest BCUT2D eigenvalue weighted by Crippen LogP contribution is -1.80. The first kappa shape index (κ1) is 8.97. The van der Waals surface area contributed by atoms with Gasteiger partial charge in [-0.3, -0.25) is 0 Å². The van der Waals surface area contributed by atoms with Crippen LogP contribution in [0.15, 0.2) is 53.1 Å². The zero-order chi connectivity index (χ0) is 11.0.